The number of rotatable bonds is 5. The summed E-state index contributed by atoms with van der Waals surface area (Å²) in [6.45, 7) is 0. The van der Waals surface area contributed by atoms with Gasteiger partial charge in [0.2, 0.25) is 0 Å². The highest BCUT2D eigenvalue weighted by Crippen LogP contribution is 2.14. The Morgan fingerprint density at radius 3 is 3.09 bits per heavy atom. The van der Waals surface area contributed by atoms with Crippen molar-refractivity contribution in [3.63, 3.8) is 0 Å². The lowest BCUT2D eigenvalue weighted by Crippen LogP contribution is -2.20. The Kier molecular flexibility index (Phi) is 4.45. The van der Waals surface area contributed by atoms with E-state index in [4.69, 9.17) is 0 Å². The first-order valence-electron chi connectivity index (χ1n) is 6.66. The predicted octanol–water partition coefficient (Wildman–Crippen LogP) is 1.62. The first-order valence-corrected chi connectivity index (χ1v) is 7.64. The molecule has 0 aliphatic rings. The Morgan fingerprint density at radius 1 is 1.36 bits per heavy atom. The average Bonchev–Trinajstić information content (AvgIpc) is 2.97. The molecule has 1 aromatic carbocycles. The standard InChI is InChI=1S/C15H13N5OS/c21-14(20-17-9-11-4-3-7-16-8-11)10-22-15-18-12-5-1-2-6-13(12)19-15/h1-9H,10H2,(H,18,19)(H,20,21)/p+1. The molecule has 0 saturated heterocycles. The van der Waals surface area contributed by atoms with Gasteiger partial charge in [-0.15, -0.1) is 0 Å². The molecular formula is C15H14N5OS+. The number of hydrazone groups is 1. The molecule has 3 N–H and O–H groups in total. The topological polar surface area (TPSA) is 84.3 Å². The molecule has 0 atom stereocenters. The number of para-hydroxylation sites is 2. The van der Waals surface area contributed by atoms with E-state index in [2.05, 4.69) is 25.5 Å². The SMILES string of the molecule is O=C(CSc1[nH]c2ccccc2[nH+]1)NN=Cc1cccnc1. The van der Waals surface area contributed by atoms with E-state index < -0.39 is 0 Å². The van der Waals surface area contributed by atoms with Crippen LogP contribution in [0.25, 0.3) is 11.0 Å². The number of thioether (sulfide) groups is 1. The van der Waals surface area contributed by atoms with Crippen LogP contribution in [0.3, 0.4) is 0 Å². The largest absolute Gasteiger partial charge is 0.315 e. The summed E-state index contributed by atoms with van der Waals surface area (Å²) in [5.74, 6) is 0.102. The minimum absolute atomic E-state index is 0.169. The number of benzene rings is 1. The Hall–Kier alpha value is -2.67. The number of hydrogen-bond donors (Lipinski definition) is 2. The van der Waals surface area contributed by atoms with Crippen molar-refractivity contribution < 1.29 is 9.78 Å². The molecule has 0 fully saturated rings. The van der Waals surface area contributed by atoms with Gasteiger partial charge in [0.1, 0.15) is 0 Å². The van der Waals surface area contributed by atoms with E-state index >= 15 is 0 Å². The van der Waals surface area contributed by atoms with Crippen LogP contribution in [0.1, 0.15) is 5.56 Å². The fraction of sp³-hybridized carbons (Fsp3) is 0.0667. The molecule has 0 aliphatic carbocycles. The van der Waals surface area contributed by atoms with Crippen molar-refractivity contribution in [1.29, 1.82) is 0 Å². The number of imidazole rings is 1. The lowest BCUT2D eigenvalue weighted by Gasteiger charge is -1.96. The fourth-order valence-corrected chi connectivity index (χ4v) is 2.55. The van der Waals surface area contributed by atoms with Crippen LogP contribution in [0, 0.1) is 0 Å². The normalized spacial score (nSPS) is 11.1. The molecule has 0 unspecified atom stereocenters. The van der Waals surface area contributed by atoms with Gasteiger partial charge in [0.15, 0.2) is 11.0 Å². The van der Waals surface area contributed by atoms with Crippen LogP contribution in [0.5, 0.6) is 0 Å². The van der Waals surface area contributed by atoms with Gasteiger partial charge in [-0.2, -0.15) is 5.10 Å². The summed E-state index contributed by atoms with van der Waals surface area (Å²) >= 11 is 1.39. The highest BCUT2D eigenvalue weighted by molar-refractivity contribution is 7.99. The average molecular weight is 312 g/mol. The van der Waals surface area contributed by atoms with Gasteiger partial charge in [0, 0.05) is 18.0 Å². The van der Waals surface area contributed by atoms with Crippen molar-refractivity contribution in [1.82, 2.24) is 15.4 Å². The molecule has 3 rings (SSSR count). The Morgan fingerprint density at radius 2 is 2.27 bits per heavy atom. The Labute approximate surface area is 131 Å². The second kappa shape index (κ2) is 6.86. The number of carbonyl (C=O) groups excluding carboxylic acids is 1. The second-order valence-corrected chi connectivity index (χ2v) is 5.48. The molecule has 2 aromatic heterocycles. The maximum Gasteiger partial charge on any atom is 0.315 e. The number of pyridine rings is 1. The lowest BCUT2D eigenvalue weighted by molar-refractivity contribution is -0.396. The number of amides is 1. The number of H-pyrrole nitrogens is 2. The van der Waals surface area contributed by atoms with Crippen LogP contribution < -0.4 is 10.4 Å². The van der Waals surface area contributed by atoms with Gasteiger partial charge in [-0.3, -0.25) is 9.78 Å². The maximum atomic E-state index is 11.7. The van der Waals surface area contributed by atoms with Crippen molar-refractivity contribution in [3.05, 3.63) is 54.4 Å². The number of carbonyl (C=O) groups is 1. The summed E-state index contributed by atoms with van der Waals surface area (Å²) in [7, 11) is 0. The first-order chi connectivity index (χ1) is 10.8. The summed E-state index contributed by atoms with van der Waals surface area (Å²) < 4.78 is 0. The summed E-state index contributed by atoms with van der Waals surface area (Å²) in [4.78, 5) is 22.1. The van der Waals surface area contributed by atoms with E-state index in [1.54, 1.807) is 18.6 Å². The lowest BCUT2D eigenvalue weighted by atomic mass is 10.3. The predicted molar refractivity (Wildman–Crippen MR) is 85.6 cm³/mol. The summed E-state index contributed by atoms with van der Waals surface area (Å²) in [5, 5.41) is 4.74. The van der Waals surface area contributed by atoms with Crippen molar-refractivity contribution in [2.24, 2.45) is 5.10 Å². The third-order valence-corrected chi connectivity index (χ3v) is 3.76. The van der Waals surface area contributed by atoms with Crippen LogP contribution in [0.4, 0.5) is 0 Å². The van der Waals surface area contributed by atoms with Crippen molar-refractivity contribution >= 4 is 34.9 Å². The second-order valence-electron chi connectivity index (χ2n) is 4.49. The van der Waals surface area contributed by atoms with Crippen molar-refractivity contribution in [3.8, 4) is 0 Å². The van der Waals surface area contributed by atoms with Gasteiger partial charge in [0.05, 0.1) is 12.0 Å². The number of hydrogen-bond acceptors (Lipinski definition) is 4. The number of fused-ring (bicyclic) bond motifs is 1. The molecule has 1 amide bonds. The van der Waals surface area contributed by atoms with E-state index in [1.807, 2.05) is 36.4 Å². The third kappa shape index (κ3) is 3.70. The quantitative estimate of drug-likeness (QED) is 0.426. The zero-order chi connectivity index (χ0) is 15.2. The van der Waals surface area contributed by atoms with E-state index in [0.29, 0.717) is 0 Å². The molecule has 0 bridgehead atoms. The Bertz CT molecular complexity index is 767. The maximum absolute atomic E-state index is 11.7. The monoisotopic (exact) mass is 312 g/mol. The highest BCUT2D eigenvalue weighted by Gasteiger charge is 2.11. The molecule has 3 aromatic rings. The van der Waals surface area contributed by atoms with E-state index in [0.717, 1.165) is 21.8 Å². The third-order valence-electron chi connectivity index (χ3n) is 2.86. The number of nitrogens with zero attached hydrogens (tertiary/aromatic N) is 2. The van der Waals surface area contributed by atoms with Gasteiger partial charge < -0.3 is 0 Å². The van der Waals surface area contributed by atoms with Gasteiger partial charge in [-0.25, -0.2) is 15.4 Å². The number of aromatic nitrogens is 3. The molecule has 6 nitrogen and oxygen atoms in total. The van der Waals surface area contributed by atoms with Crippen LogP contribution >= 0.6 is 11.8 Å². The molecule has 0 saturated carbocycles. The smallest absolute Gasteiger partial charge is 0.272 e. The van der Waals surface area contributed by atoms with Crippen molar-refractivity contribution in [2.45, 2.75) is 5.16 Å². The van der Waals surface area contributed by atoms with E-state index in [-0.39, 0.29) is 11.7 Å². The Balaban J connectivity index is 1.51. The highest BCUT2D eigenvalue weighted by atomic mass is 32.2. The molecule has 0 radical (unpaired) electrons. The zero-order valence-electron chi connectivity index (χ0n) is 11.6. The molecule has 0 spiro atoms. The van der Waals surface area contributed by atoms with Gasteiger partial charge >= 0.3 is 5.16 Å². The van der Waals surface area contributed by atoms with Crippen LogP contribution in [-0.4, -0.2) is 27.8 Å². The van der Waals surface area contributed by atoms with Crippen LogP contribution in [-0.2, 0) is 4.79 Å². The summed E-state index contributed by atoms with van der Waals surface area (Å²) in [6.07, 6.45) is 4.91. The zero-order valence-corrected chi connectivity index (χ0v) is 12.4. The molecule has 110 valence electrons. The first kappa shape index (κ1) is 14.3. The molecule has 0 aliphatic heterocycles. The van der Waals surface area contributed by atoms with Crippen molar-refractivity contribution in [2.75, 3.05) is 5.75 Å². The van der Waals surface area contributed by atoms with Gasteiger partial charge in [-0.1, -0.05) is 18.2 Å². The van der Waals surface area contributed by atoms with Crippen LogP contribution in [0.2, 0.25) is 0 Å². The molecular weight excluding hydrogens is 298 g/mol. The summed E-state index contributed by atoms with van der Waals surface area (Å²) in [5.41, 5.74) is 5.35. The van der Waals surface area contributed by atoms with Crippen LogP contribution in [0.15, 0.2) is 59.0 Å². The minimum Gasteiger partial charge on any atom is -0.272 e. The number of nitrogens with one attached hydrogen (secondary N) is 3. The van der Waals surface area contributed by atoms with Gasteiger partial charge in [-0.05, 0) is 30.0 Å². The minimum atomic E-state index is -0.169. The van der Waals surface area contributed by atoms with Gasteiger partial charge in [0.25, 0.3) is 5.91 Å². The fourth-order valence-electron chi connectivity index (χ4n) is 1.85. The molecule has 7 heteroatoms. The van der Waals surface area contributed by atoms with E-state index in [1.165, 1.54) is 11.8 Å². The molecule has 2 heterocycles. The molecule has 22 heavy (non-hydrogen) atoms. The summed E-state index contributed by atoms with van der Waals surface area (Å²) in [6, 6.07) is 11.5. The number of aromatic amines is 2. The van der Waals surface area contributed by atoms with E-state index in [9.17, 15) is 4.79 Å².